The number of carbonyl (C=O) groups is 1. The van der Waals surface area contributed by atoms with Gasteiger partial charge in [0.05, 0.1) is 5.92 Å². The number of hydrogen-bond donors (Lipinski definition) is 1. The number of aliphatic carboxylic acids is 1. The summed E-state index contributed by atoms with van der Waals surface area (Å²) in [5.41, 5.74) is 0. The van der Waals surface area contributed by atoms with Gasteiger partial charge in [-0.05, 0) is 50.9 Å². The Hall–Kier alpha value is -1.05. The summed E-state index contributed by atoms with van der Waals surface area (Å²) in [5, 5.41) is 9.59. The monoisotopic (exact) mass is 533 g/mol. The number of allylic oxidation sites excluding steroid dienone is 4. The minimum absolute atomic E-state index is 0.121. The molecule has 0 aromatic carbocycles. The van der Waals surface area contributed by atoms with Crippen LogP contribution in [-0.2, 0) is 4.79 Å². The van der Waals surface area contributed by atoms with Crippen LogP contribution in [-0.4, -0.2) is 11.1 Å². The number of unbranched alkanes of at least 4 members (excludes halogenated alkanes) is 19. The van der Waals surface area contributed by atoms with E-state index in [1.54, 1.807) is 0 Å². The molecule has 0 bridgehead atoms. The van der Waals surface area contributed by atoms with Crippen molar-refractivity contribution in [3.8, 4) is 0 Å². The third-order valence-corrected chi connectivity index (χ3v) is 7.94. The highest BCUT2D eigenvalue weighted by Gasteiger charge is 2.16. The molecule has 2 nitrogen and oxygen atoms in total. The van der Waals surface area contributed by atoms with Crippen molar-refractivity contribution in [2.45, 2.75) is 188 Å². The van der Waals surface area contributed by atoms with Crippen LogP contribution in [0.5, 0.6) is 0 Å². The first-order valence-electron chi connectivity index (χ1n) is 17.1. The summed E-state index contributed by atoms with van der Waals surface area (Å²) < 4.78 is 0. The second kappa shape index (κ2) is 30.5. The summed E-state index contributed by atoms with van der Waals surface area (Å²) in [6.07, 6.45) is 42.0. The molecule has 1 atom stereocenters. The number of hydrogen-bond acceptors (Lipinski definition) is 1. The van der Waals surface area contributed by atoms with Crippen molar-refractivity contribution >= 4 is 5.97 Å². The van der Waals surface area contributed by atoms with E-state index in [-0.39, 0.29) is 5.92 Å². The molecule has 224 valence electrons. The molecule has 0 heterocycles. The van der Waals surface area contributed by atoms with Crippen LogP contribution in [0, 0.1) is 11.8 Å². The zero-order valence-corrected chi connectivity index (χ0v) is 26.2. The zero-order valence-electron chi connectivity index (χ0n) is 26.2. The van der Waals surface area contributed by atoms with Crippen LogP contribution in [0.25, 0.3) is 0 Å². The van der Waals surface area contributed by atoms with Crippen molar-refractivity contribution in [2.75, 3.05) is 0 Å². The Morgan fingerprint density at radius 1 is 0.526 bits per heavy atom. The Kier molecular flexibility index (Phi) is 29.6. The van der Waals surface area contributed by atoms with Crippen LogP contribution in [0.3, 0.4) is 0 Å². The fourth-order valence-corrected chi connectivity index (χ4v) is 5.30. The number of rotatable bonds is 30. The molecular formula is C36H68O2. The highest BCUT2D eigenvalue weighted by molar-refractivity contribution is 5.69. The van der Waals surface area contributed by atoms with Crippen molar-refractivity contribution in [3.05, 3.63) is 24.3 Å². The lowest BCUT2D eigenvalue weighted by Crippen LogP contribution is -2.13. The molecular weight excluding hydrogens is 464 g/mol. The fraction of sp³-hybridized carbons (Fsp3) is 0.861. The Labute approximate surface area is 239 Å². The summed E-state index contributed by atoms with van der Waals surface area (Å²) in [6.45, 7) is 6.90. The maximum absolute atomic E-state index is 11.6. The minimum Gasteiger partial charge on any atom is -0.481 e. The van der Waals surface area contributed by atoms with Crippen LogP contribution in [0.15, 0.2) is 24.3 Å². The molecule has 1 unspecified atom stereocenters. The first-order valence-corrected chi connectivity index (χ1v) is 17.1. The molecule has 0 amide bonds. The lowest BCUT2D eigenvalue weighted by atomic mass is 9.94. The molecule has 0 aliphatic heterocycles. The Bertz CT molecular complexity index is 533. The molecule has 0 fully saturated rings. The summed E-state index contributed by atoms with van der Waals surface area (Å²) in [5.74, 6) is 0.171. The van der Waals surface area contributed by atoms with Gasteiger partial charge in [-0.2, -0.15) is 0 Å². The third kappa shape index (κ3) is 29.5. The predicted molar refractivity (Wildman–Crippen MR) is 170 cm³/mol. The van der Waals surface area contributed by atoms with Crippen molar-refractivity contribution in [2.24, 2.45) is 11.8 Å². The van der Waals surface area contributed by atoms with Crippen LogP contribution in [0.1, 0.15) is 188 Å². The van der Waals surface area contributed by atoms with Crippen LogP contribution in [0.4, 0.5) is 0 Å². The van der Waals surface area contributed by atoms with E-state index in [1.807, 2.05) is 0 Å². The molecule has 0 aromatic heterocycles. The topological polar surface area (TPSA) is 37.3 Å². The molecule has 1 N–H and O–H groups in total. The average molecular weight is 533 g/mol. The van der Waals surface area contributed by atoms with Gasteiger partial charge in [0.15, 0.2) is 0 Å². The van der Waals surface area contributed by atoms with Gasteiger partial charge >= 0.3 is 5.97 Å². The molecule has 38 heavy (non-hydrogen) atoms. The molecule has 0 aliphatic carbocycles. The molecule has 0 saturated carbocycles. The summed E-state index contributed by atoms with van der Waals surface area (Å²) in [4.78, 5) is 11.6. The van der Waals surface area contributed by atoms with E-state index in [0.717, 1.165) is 44.4 Å². The molecule has 0 saturated heterocycles. The SMILES string of the molecule is CCCCCC=CCC=CCCCCCCC(CCCCCCCCCCCCCCCC(C)C)C(=O)O. The smallest absolute Gasteiger partial charge is 0.306 e. The molecule has 0 radical (unpaired) electrons. The van der Waals surface area contributed by atoms with Crippen molar-refractivity contribution < 1.29 is 9.90 Å². The van der Waals surface area contributed by atoms with E-state index >= 15 is 0 Å². The van der Waals surface area contributed by atoms with Gasteiger partial charge in [-0.3, -0.25) is 4.79 Å². The molecule has 2 heteroatoms. The normalized spacial score (nSPS) is 12.8. The lowest BCUT2D eigenvalue weighted by Gasteiger charge is -2.12. The van der Waals surface area contributed by atoms with E-state index in [2.05, 4.69) is 45.1 Å². The summed E-state index contributed by atoms with van der Waals surface area (Å²) >= 11 is 0. The largest absolute Gasteiger partial charge is 0.481 e. The standard InChI is InChI=1S/C36H68O2/c1-4-5-6-7-8-9-10-11-14-17-20-23-26-29-32-35(36(37)38)33-30-27-24-21-18-15-12-13-16-19-22-25-28-31-34(2)3/h8-9,11,14,34-35H,4-7,10,12-13,15-33H2,1-3H3,(H,37,38). The van der Waals surface area contributed by atoms with Gasteiger partial charge in [0, 0.05) is 0 Å². The van der Waals surface area contributed by atoms with Crippen LogP contribution >= 0.6 is 0 Å². The van der Waals surface area contributed by atoms with E-state index in [4.69, 9.17) is 0 Å². The molecule has 0 aliphatic rings. The average Bonchev–Trinajstić information content (AvgIpc) is 2.89. The van der Waals surface area contributed by atoms with Gasteiger partial charge in [-0.1, -0.05) is 167 Å². The Morgan fingerprint density at radius 2 is 0.895 bits per heavy atom. The van der Waals surface area contributed by atoms with E-state index in [9.17, 15) is 9.90 Å². The third-order valence-electron chi connectivity index (χ3n) is 7.94. The van der Waals surface area contributed by atoms with E-state index in [1.165, 1.54) is 128 Å². The molecule has 0 aromatic rings. The maximum atomic E-state index is 11.6. The molecule has 0 rings (SSSR count). The zero-order chi connectivity index (χ0) is 27.9. The predicted octanol–water partition coefficient (Wildman–Crippen LogP) is 12.6. The van der Waals surface area contributed by atoms with Gasteiger partial charge in [-0.25, -0.2) is 0 Å². The summed E-state index contributed by atoms with van der Waals surface area (Å²) in [6, 6.07) is 0. The Balaban J connectivity index is 3.48. The van der Waals surface area contributed by atoms with Crippen molar-refractivity contribution in [1.82, 2.24) is 0 Å². The highest BCUT2D eigenvalue weighted by Crippen LogP contribution is 2.20. The second-order valence-electron chi connectivity index (χ2n) is 12.3. The quantitative estimate of drug-likeness (QED) is 0.0737. The van der Waals surface area contributed by atoms with E-state index < -0.39 is 5.97 Å². The first-order chi connectivity index (χ1) is 18.6. The van der Waals surface area contributed by atoms with Crippen LogP contribution in [0.2, 0.25) is 0 Å². The van der Waals surface area contributed by atoms with Crippen LogP contribution < -0.4 is 0 Å². The second-order valence-corrected chi connectivity index (χ2v) is 12.3. The fourth-order valence-electron chi connectivity index (χ4n) is 5.30. The van der Waals surface area contributed by atoms with Gasteiger partial charge in [0.1, 0.15) is 0 Å². The lowest BCUT2D eigenvalue weighted by molar-refractivity contribution is -0.142. The van der Waals surface area contributed by atoms with Gasteiger partial charge in [0.25, 0.3) is 0 Å². The van der Waals surface area contributed by atoms with Gasteiger partial charge in [0.2, 0.25) is 0 Å². The van der Waals surface area contributed by atoms with Crippen molar-refractivity contribution in [1.29, 1.82) is 0 Å². The van der Waals surface area contributed by atoms with Crippen molar-refractivity contribution in [3.63, 3.8) is 0 Å². The van der Waals surface area contributed by atoms with Gasteiger partial charge in [-0.15, -0.1) is 0 Å². The van der Waals surface area contributed by atoms with E-state index in [0.29, 0.717) is 0 Å². The first kappa shape index (κ1) is 37.0. The highest BCUT2D eigenvalue weighted by atomic mass is 16.4. The Morgan fingerprint density at radius 3 is 1.29 bits per heavy atom. The summed E-state index contributed by atoms with van der Waals surface area (Å²) in [7, 11) is 0. The minimum atomic E-state index is -0.574. The molecule has 0 spiro atoms. The number of carboxylic acids is 1. The van der Waals surface area contributed by atoms with Gasteiger partial charge < -0.3 is 5.11 Å². The maximum Gasteiger partial charge on any atom is 0.306 e. The number of carboxylic acid groups (broad SMARTS) is 1.